The van der Waals surface area contributed by atoms with Crippen LogP contribution in [0.25, 0.3) is 0 Å². The molecule has 0 radical (unpaired) electrons. The van der Waals surface area contributed by atoms with E-state index in [2.05, 4.69) is 10.3 Å². The smallest absolute Gasteiger partial charge is 0.254 e. The molecular weight excluding hydrogens is 254 g/mol. The Morgan fingerprint density at radius 3 is 2.95 bits per heavy atom. The van der Waals surface area contributed by atoms with E-state index in [0.717, 1.165) is 49.6 Å². The van der Waals surface area contributed by atoms with Crippen LogP contribution in [0.15, 0.2) is 12.1 Å². The van der Waals surface area contributed by atoms with E-state index < -0.39 is 0 Å². The van der Waals surface area contributed by atoms with Crippen LogP contribution < -0.4 is 5.32 Å². The van der Waals surface area contributed by atoms with E-state index in [1.165, 1.54) is 0 Å². The van der Waals surface area contributed by atoms with Crippen LogP contribution in [0.1, 0.15) is 36.3 Å². The summed E-state index contributed by atoms with van der Waals surface area (Å²) in [6, 6.07) is 3.74. The molecule has 0 bridgehead atoms. The highest BCUT2D eigenvalue weighted by Crippen LogP contribution is 2.14. The van der Waals surface area contributed by atoms with Crippen LogP contribution >= 0.6 is 0 Å². The van der Waals surface area contributed by atoms with Crippen molar-refractivity contribution in [1.82, 2.24) is 9.88 Å². The van der Waals surface area contributed by atoms with E-state index in [1.54, 1.807) is 0 Å². The van der Waals surface area contributed by atoms with Gasteiger partial charge in [0, 0.05) is 37.5 Å². The molecule has 0 aliphatic carbocycles. The lowest BCUT2D eigenvalue weighted by Gasteiger charge is -2.20. The van der Waals surface area contributed by atoms with Gasteiger partial charge in [-0.25, -0.2) is 4.98 Å². The Bertz CT molecular complexity index is 454. The van der Waals surface area contributed by atoms with Gasteiger partial charge in [0.05, 0.1) is 6.61 Å². The van der Waals surface area contributed by atoms with Gasteiger partial charge in [0.2, 0.25) is 0 Å². The molecule has 2 rings (SSSR count). The molecule has 1 aliphatic heterocycles. The van der Waals surface area contributed by atoms with Crippen molar-refractivity contribution in [2.75, 3.05) is 38.2 Å². The molecule has 1 aliphatic rings. The minimum atomic E-state index is 0.0757. The van der Waals surface area contributed by atoms with Crippen LogP contribution in [0.4, 0.5) is 5.82 Å². The van der Waals surface area contributed by atoms with Crippen molar-refractivity contribution in [3.63, 3.8) is 0 Å². The van der Waals surface area contributed by atoms with Gasteiger partial charge in [-0.15, -0.1) is 0 Å². The number of anilines is 1. The Labute approximate surface area is 120 Å². The van der Waals surface area contributed by atoms with E-state index in [1.807, 2.05) is 30.9 Å². The Morgan fingerprint density at radius 2 is 2.20 bits per heavy atom. The van der Waals surface area contributed by atoms with Gasteiger partial charge in [-0.3, -0.25) is 4.79 Å². The van der Waals surface area contributed by atoms with Gasteiger partial charge in [0.15, 0.2) is 0 Å². The SMILES string of the molecule is CCNc1cc(C(=O)N2CCCOCC2)cc(CC)n1. The standard InChI is InChI=1S/C15H23N3O2/c1-3-13-10-12(11-14(17-13)16-4-2)15(19)18-6-5-8-20-9-7-18/h10-11H,3-9H2,1-2H3,(H,16,17). The van der Waals surface area contributed by atoms with E-state index in [0.29, 0.717) is 13.2 Å². The second kappa shape index (κ2) is 7.24. The number of rotatable bonds is 4. The summed E-state index contributed by atoms with van der Waals surface area (Å²) in [4.78, 5) is 18.9. The maximum absolute atomic E-state index is 12.6. The van der Waals surface area contributed by atoms with Crippen LogP contribution in [0.3, 0.4) is 0 Å². The maximum Gasteiger partial charge on any atom is 0.254 e. The Balaban J connectivity index is 2.20. The van der Waals surface area contributed by atoms with Crippen molar-refractivity contribution >= 4 is 11.7 Å². The van der Waals surface area contributed by atoms with Crippen LogP contribution in [0.5, 0.6) is 0 Å². The number of ether oxygens (including phenoxy) is 1. The summed E-state index contributed by atoms with van der Waals surface area (Å²) in [7, 11) is 0. The number of carbonyl (C=O) groups is 1. The molecule has 1 fully saturated rings. The molecule has 20 heavy (non-hydrogen) atoms. The van der Waals surface area contributed by atoms with Crippen molar-refractivity contribution in [2.45, 2.75) is 26.7 Å². The molecule has 0 spiro atoms. The molecule has 0 aromatic carbocycles. The second-order valence-corrected chi connectivity index (χ2v) is 4.87. The molecule has 2 heterocycles. The minimum Gasteiger partial charge on any atom is -0.380 e. The number of pyridine rings is 1. The number of carbonyl (C=O) groups excluding carboxylic acids is 1. The molecule has 110 valence electrons. The molecule has 1 aromatic heterocycles. The first kappa shape index (κ1) is 14.8. The largest absolute Gasteiger partial charge is 0.380 e. The molecule has 0 atom stereocenters. The van der Waals surface area contributed by atoms with Gasteiger partial charge in [0.25, 0.3) is 5.91 Å². The van der Waals surface area contributed by atoms with Gasteiger partial charge >= 0.3 is 0 Å². The zero-order chi connectivity index (χ0) is 14.4. The number of amides is 1. The number of nitrogens with zero attached hydrogens (tertiary/aromatic N) is 2. The highest BCUT2D eigenvalue weighted by molar-refractivity contribution is 5.95. The maximum atomic E-state index is 12.6. The van der Waals surface area contributed by atoms with Crippen LogP contribution in [0, 0.1) is 0 Å². The van der Waals surface area contributed by atoms with Gasteiger partial charge in [-0.2, -0.15) is 0 Å². The zero-order valence-corrected chi connectivity index (χ0v) is 12.3. The summed E-state index contributed by atoms with van der Waals surface area (Å²) in [5.41, 5.74) is 1.66. The fourth-order valence-electron chi connectivity index (χ4n) is 2.30. The third-order valence-corrected chi connectivity index (χ3v) is 3.35. The molecule has 1 aromatic rings. The Kier molecular flexibility index (Phi) is 5.35. The average Bonchev–Trinajstić information content (AvgIpc) is 2.75. The lowest BCUT2D eigenvalue weighted by Crippen LogP contribution is -2.33. The highest BCUT2D eigenvalue weighted by Gasteiger charge is 2.18. The number of nitrogens with one attached hydrogen (secondary N) is 1. The zero-order valence-electron chi connectivity index (χ0n) is 12.3. The number of hydrogen-bond donors (Lipinski definition) is 1. The third kappa shape index (κ3) is 3.70. The highest BCUT2D eigenvalue weighted by atomic mass is 16.5. The summed E-state index contributed by atoms with van der Waals surface area (Å²) in [5.74, 6) is 0.855. The fraction of sp³-hybridized carbons (Fsp3) is 0.600. The molecule has 1 saturated heterocycles. The predicted molar refractivity (Wildman–Crippen MR) is 79.1 cm³/mol. The third-order valence-electron chi connectivity index (χ3n) is 3.35. The summed E-state index contributed by atoms with van der Waals surface area (Å²) in [6.07, 6.45) is 1.72. The van der Waals surface area contributed by atoms with Crippen molar-refractivity contribution in [2.24, 2.45) is 0 Å². The first-order chi connectivity index (χ1) is 9.74. The summed E-state index contributed by atoms with van der Waals surface area (Å²) in [6.45, 7) is 7.66. The first-order valence-corrected chi connectivity index (χ1v) is 7.36. The summed E-state index contributed by atoms with van der Waals surface area (Å²) >= 11 is 0. The van der Waals surface area contributed by atoms with Crippen LogP contribution in [-0.4, -0.2) is 48.6 Å². The van der Waals surface area contributed by atoms with Crippen molar-refractivity contribution in [3.8, 4) is 0 Å². The lowest BCUT2D eigenvalue weighted by molar-refractivity contribution is 0.0741. The average molecular weight is 277 g/mol. The van der Waals surface area contributed by atoms with Gasteiger partial charge in [0.1, 0.15) is 5.82 Å². The van der Waals surface area contributed by atoms with E-state index in [9.17, 15) is 4.79 Å². The Morgan fingerprint density at radius 1 is 1.35 bits per heavy atom. The molecule has 0 unspecified atom stereocenters. The van der Waals surface area contributed by atoms with Crippen molar-refractivity contribution in [3.05, 3.63) is 23.4 Å². The van der Waals surface area contributed by atoms with Crippen molar-refractivity contribution in [1.29, 1.82) is 0 Å². The molecule has 5 heteroatoms. The van der Waals surface area contributed by atoms with Crippen molar-refractivity contribution < 1.29 is 9.53 Å². The fourth-order valence-corrected chi connectivity index (χ4v) is 2.30. The first-order valence-electron chi connectivity index (χ1n) is 7.36. The topological polar surface area (TPSA) is 54.5 Å². The normalized spacial score (nSPS) is 15.8. The van der Waals surface area contributed by atoms with Gasteiger partial charge in [-0.1, -0.05) is 6.92 Å². The van der Waals surface area contributed by atoms with E-state index >= 15 is 0 Å². The molecular formula is C15H23N3O2. The van der Waals surface area contributed by atoms with Crippen LogP contribution in [-0.2, 0) is 11.2 Å². The number of aromatic nitrogens is 1. The summed E-state index contributed by atoms with van der Waals surface area (Å²) < 4.78 is 5.40. The minimum absolute atomic E-state index is 0.0757. The number of hydrogen-bond acceptors (Lipinski definition) is 4. The quantitative estimate of drug-likeness (QED) is 0.914. The molecule has 5 nitrogen and oxygen atoms in total. The number of aryl methyl sites for hydroxylation is 1. The monoisotopic (exact) mass is 277 g/mol. The second-order valence-electron chi connectivity index (χ2n) is 4.87. The Hall–Kier alpha value is -1.62. The van der Waals surface area contributed by atoms with E-state index in [-0.39, 0.29) is 5.91 Å². The van der Waals surface area contributed by atoms with Gasteiger partial charge < -0.3 is 15.0 Å². The molecule has 0 saturated carbocycles. The summed E-state index contributed by atoms with van der Waals surface area (Å²) in [5, 5.41) is 3.19. The van der Waals surface area contributed by atoms with Gasteiger partial charge in [-0.05, 0) is 31.9 Å². The lowest BCUT2D eigenvalue weighted by atomic mass is 10.1. The molecule has 1 N–H and O–H groups in total. The van der Waals surface area contributed by atoms with E-state index in [4.69, 9.17) is 4.74 Å². The van der Waals surface area contributed by atoms with Crippen LogP contribution in [0.2, 0.25) is 0 Å². The predicted octanol–water partition coefficient (Wildman–Crippen LogP) is 1.94. The molecule has 1 amide bonds.